The van der Waals surface area contributed by atoms with Gasteiger partial charge < -0.3 is 15.0 Å². The van der Waals surface area contributed by atoms with Crippen LogP contribution in [0.3, 0.4) is 0 Å². The molecular weight excluding hydrogens is 506 g/mol. The van der Waals surface area contributed by atoms with Crippen LogP contribution >= 0.6 is 0 Å². The highest BCUT2D eigenvalue weighted by atomic mass is 16.5. The Morgan fingerprint density at radius 2 is 1.77 bits per heavy atom. The molecule has 0 atom stereocenters. The maximum Gasteiger partial charge on any atom is 0.333 e. The van der Waals surface area contributed by atoms with Crippen LogP contribution < -0.4 is 15.6 Å². The summed E-state index contributed by atoms with van der Waals surface area (Å²) in [5.41, 5.74) is 8.51. The predicted molar refractivity (Wildman–Crippen MR) is 156 cm³/mol. The van der Waals surface area contributed by atoms with Gasteiger partial charge in [0.1, 0.15) is 5.69 Å². The van der Waals surface area contributed by atoms with Gasteiger partial charge in [-0.3, -0.25) is 20.2 Å². The standard InChI is InChI=1S/C30H37N7O3/c1-19(2)36-13-15-37(16-14-36)22-9-7-20(8-10-22)27-26-28(33-32-27)23-5-4-6-24(25(23)29(26)38)31-30(39)34-35(3)21-11-17-40-18-12-21/h4-10,19,21H,11-18H2,1-3H3,(H,32,33)(H2,31,34,39). The Morgan fingerprint density at radius 3 is 2.48 bits per heavy atom. The molecule has 2 aromatic carbocycles. The molecule has 10 heteroatoms. The van der Waals surface area contributed by atoms with E-state index in [1.807, 2.05) is 36.3 Å². The number of fused-ring (bicyclic) bond motifs is 3. The minimum absolute atomic E-state index is 0.142. The van der Waals surface area contributed by atoms with E-state index in [2.05, 4.69) is 56.7 Å². The number of ketones is 1. The molecule has 0 saturated carbocycles. The van der Waals surface area contributed by atoms with Crippen LogP contribution in [0.15, 0.2) is 42.5 Å². The number of hydrazine groups is 1. The SMILES string of the molecule is CC(C)N1CCN(c2ccc(-c3n[nH]c4c3C(=O)c3c(NC(=O)NN(C)C5CCOCC5)cccc3-4)cc2)CC1. The lowest BCUT2D eigenvalue weighted by Gasteiger charge is -2.38. The van der Waals surface area contributed by atoms with Gasteiger partial charge in [0.2, 0.25) is 0 Å². The maximum atomic E-state index is 13.7. The topological polar surface area (TPSA) is 106 Å². The van der Waals surface area contributed by atoms with Crippen LogP contribution in [0.5, 0.6) is 0 Å². The number of nitrogens with one attached hydrogen (secondary N) is 3. The lowest BCUT2D eigenvalue weighted by molar-refractivity contribution is 0.0312. The molecule has 0 bridgehead atoms. The fraction of sp³-hybridized carbons (Fsp3) is 0.433. The number of hydrogen-bond acceptors (Lipinski definition) is 7. The molecule has 2 amide bonds. The average molecular weight is 544 g/mol. The Hall–Kier alpha value is -3.73. The van der Waals surface area contributed by atoms with Crippen molar-refractivity contribution in [1.82, 2.24) is 25.5 Å². The normalized spacial score (nSPS) is 17.8. The number of ether oxygens (including phenoxy) is 1. The van der Waals surface area contributed by atoms with E-state index in [9.17, 15) is 9.59 Å². The number of benzene rings is 2. The van der Waals surface area contributed by atoms with Crippen LogP contribution in [0, 0.1) is 0 Å². The quantitative estimate of drug-likeness (QED) is 0.316. The third kappa shape index (κ3) is 4.98. The Labute approximate surface area is 234 Å². The van der Waals surface area contributed by atoms with Crippen molar-refractivity contribution in [2.24, 2.45) is 0 Å². The van der Waals surface area contributed by atoms with Gasteiger partial charge in [-0.05, 0) is 44.9 Å². The highest BCUT2D eigenvalue weighted by Crippen LogP contribution is 2.43. The molecule has 2 aliphatic heterocycles. The monoisotopic (exact) mass is 543 g/mol. The number of carbonyl (C=O) groups is 2. The summed E-state index contributed by atoms with van der Waals surface area (Å²) in [5, 5.41) is 12.3. The van der Waals surface area contributed by atoms with Gasteiger partial charge >= 0.3 is 6.03 Å². The highest BCUT2D eigenvalue weighted by molar-refractivity contribution is 6.26. The lowest BCUT2D eigenvalue weighted by Crippen LogP contribution is -2.49. The maximum absolute atomic E-state index is 13.7. The molecule has 3 heterocycles. The van der Waals surface area contributed by atoms with Crippen LogP contribution in [0.4, 0.5) is 16.2 Å². The highest BCUT2D eigenvalue weighted by Gasteiger charge is 2.35. The molecule has 1 aliphatic carbocycles. The lowest BCUT2D eigenvalue weighted by atomic mass is 10.0. The van der Waals surface area contributed by atoms with Crippen LogP contribution in [0.2, 0.25) is 0 Å². The zero-order chi connectivity index (χ0) is 27.8. The predicted octanol–water partition coefficient (Wildman–Crippen LogP) is 3.97. The Kier molecular flexibility index (Phi) is 7.31. The Morgan fingerprint density at radius 1 is 1.05 bits per heavy atom. The largest absolute Gasteiger partial charge is 0.381 e. The van der Waals surface area contributed by atoms with Gasteiger partial charge in [-0.1, -0.05) is 24.3 Å². The molecule has 3 aromatic rings. The number of carbonyl (C=O) groups excluding carboxylic acids is 2. The summed E-state index contributed by atoms with van der Waals surface area (Å²) in [7, 11) is 1.86. The number of urea groups is 1. The first-order valence-electron chi connectivity index (χ1n) is 14.1. The fourth-order valence-electron chi connectivity index (χ4n) is 6.00. The van der Waals surface area contributed by atoms with Gasteiger partial charge in [-0.15, -0.1) is 0 Å². The molecule has 10 nitrogen and oxygen atoms in total. The van der Waals surface area contributed by atoms with Gasteiger partial charge in [0.25, 0.3) is 0 Å². The number of hydrogen-bond donors (Lipinski definition) is 3. The van der Waals surface area contributed by atoms with E-state index in [1.165, 1.54) is 5.69 Å². The second-order valence-electron chi connectivity index (χ2n) is 11.1. The van der Waals surface area contributed by atoms with Crippen LogP contribution in [0.25, 0.3) is 22.5 Å². The van der Waals surface area contributed by atoms with E-state index >= 15 is 0 Å². The van der Waals surface area contributed by atoms with Gasteiger partial charge in [-0.25, -0.2) is 9.80 Å². The zero-order valence-corrected chi connectivity index (χ0v) is 23.4. The second kappa shape index (κ2) is 11.0. The molecule has 1 aromatic heterocycles. The van der Waals surface area contributed by atoms with Gasteiger partial charge in [0, 0.05) is 75.3 Å². The smallest absolute Gasteiger partial charge is 0.333 e. The van der Waals surface area contributed by atoms with Gasteiger partial charge in [0.05, 0.1) is 22.5 Å². The first-order valence-corrected chi connectivity index (χ1v) is 14.1. The van der Waals surface area contributed by atoms with Crippen LogP contribution in [-0.4, -0.2) is 90.4 Å². The van der Waals surface area contributed by atoms with Crippen molar-refractivity contribution in [3.63, 3.8) is 0 Å². The minimum Gasteiger partial charge on any atom is -0.381 e. The van der Waals surface area contributed by atoms with E-state index in [4.69, 9.17) is 4.74 Å². The molecule has 0 unspecified atom stereocenters. The first kappa shape index (κ1) is 26.5. The summed E-state index contributed by atoms with van der Waals surface area (Å²) < 4.78 is 5.42. The van der Waals surface area contributed by atoms with E-state index in [-0.39, 0.29) is 17.9 Å². The molecule has 0 spiro atoms. The molecule has 0 radical (unpaired) electrons. The number of rotatable bonds is 6. The molecule has 3 aliphatic rings. The molecule has 3 N–H and O–H groups in total. The Bertz CT molecular complexity index is 1390. The molecule has 40 heavy (non-hydrogen) atoms. The number of anilines is 2. The third-order valence-corrected chi connectivity index (χ3v) is 8.37. The number of aromatic nitrogens is 2. The van der Waals surface area contributed by atoms with E-state index in [0.717, 1.165) is 50.1 Å². The van der Waals surface area contributed by atoms with Crippen molar-refractivity contribution < 1.29 is 14.3 Å². The number of H-pyrrole nitrogens is 1. The number of aromatic amines is 1. The van der Waals surface area contributed by atoms with Crippen LogP contribution in [0.1, 0.15) is 42.6 Å². The van der Waals surface area contributed by atoms with Crippen molar-refractivity contribution in [3.8, 4) is 22.5 Å². The third-order valence-electron chi connectivity index (χ3n) is 8.37. The molecular formula is C30H37N7O3. The van der Waals surface area contributed by atoms with Crippen molar-refractivity contribution in [1.29, 1.82) is 0 Å². The van der Waals surface area contributed by atoms with Gasteiger partial charge in [-0.2, -0.15) is 5.10 Å². The zero-order valence-electron chi connectivity index (χ0n) is 23.4. The summed E-state index contributed by atoms with van der Waals surface area (Å²) in [4.78, 5) is 31.5. The number of amides is 2. The summed E-state index contributed by atoms with van der Waals surface area (Å²) >= 11 is 0. The summed E-state index contributed by atoms with van der Waals surface area (Å²) in [6.07, 6.45) is 1.71. The molecule has 2 saturated heterocycles. The van der Waals surface area contributed by atoms with Crippen molar-refractivity contribution >= 4 is 23.2 Å². The summed E-state index contributed by atoms with van der Waals surface area (Å²) in [5.74, 6) is -0.142. The van der Waals surface area contributed by atoms with Crippen molar-refractivity contribution in [2.75, 3.05) is 56.7 Å². The van der Waals surface area contributed by atoms with Crippen molar-refractivity contribution in [2.45, 2.75) is 38.8 Å². The molecule has 210 valence electrons. The van der Waals surface area contributed by atoms with E-state index in [0.29, 0.717) is 47.5 Å². The molecule has 6 rings (SSSR count). The van der Waals surface area contributed by atoms with E-state index < -0.39 is 0 Å². The van der Waals surface area contributed by atoms with Gasteiger partial charge in [0.15, 0.2) is 5.78 Å². The fourth-order valence-corrected chi connectivity index (χ4v) is 6.00. The van der Waals surface area contributed by atoms with Crippen molar-refractivity contribution in [3.05, 3.63) is 53.6 Å². The van der Waals surface area contributed by atoms with E-state index in [1.54, 1.807) is 6.07 Å². The van der Waals surface area contributed by atoms with Crippen LogP contribution in [-0.2, 0) is 4.74 Å². The number of piperazine rings is 1. The average Bonchev–Trinajstić information content (AvgIpc) is 3.53. The molecule has 2 fully saturated rings. The second-order valence-corrected chi connectivity index (χ2v) is 11.1. The minimum atomic E-state index is -0.381. The Balaban J connectivity index is 1.17. The summed E-state index contributed by atoms with van der Waals surface area (Å²) in [6, 6.07) is 14.2. The number of nitrogens with zero attached hydrogens (tertiary/aromatic N) is 4. The summed E-state index contributed by atoms with van der Waals surface area (Å²) in [6.45, 7) is 9.96. The first-order chi connectivity index (χ1) is 19.4.